The number of hydrogen-bond donors (Lipinski definition) is 1. The van der Waals surface area contributed by atoms with Gasteiger partial charge in [0.1, 0.15) is 18.2 Å². The highest BCUT2D eigenvalue weighted by Crippen LogP contribution is 2.17. The topological polar surface area (TPSA) is 56.2 Å². The van der Waals surface area contributed by atoms with Gasteiger partial charge in [0.2, 0.25) is 0 Å². The number of anilines is 1. The minimum atomic E-state index is -0.204. The SMILES string of the molecule is O=C(Nc1ccnn1Cc1ccccc1)c1cccc(OCc2ccccc2)c1. The van der Waals surface area contributed by atoms with Gasteiger partial charge in [-0.25, -0.2) is 4.68 Å². The Balaban J connectivity index is 1.42. The van der Waals surface area contributed by atoms with Gasteiger partial charge in [-0.15, -0.1) is 0 Å². The van der Waals surface area contributed by atoms with E-state index in [0.29, 0.717) is 30.3 Å². The van der Waals surface area contributed by atoms with E-state index < -0.39 is 0 Å². The fourth-order valence-corrected chi connectivity index (χ4v) is 2.98. The molecular weight excluding hydrogens is 362 g/mol. The normalized spacial score (nSPS) is 10.5. The van der Waals surface area contributed by atoms with Gasteiger partial charge >= 0.3 is 0 Å². The molecule has 0 radical (unpaired) electrons. The Morgan fingerprint density at radius 1 is 0.862 bits per heavy atom. The van der Waals surface area contributed by atoms with Crippen LogP contribution >= 0.6 is 0 Å². The van der Waals surface area contributed by atoms with Crippen LogP contribution in [0.2, 0.25) is 0 Å². The van der Waals surface area contributed by atoms with Gasteiger partial charge in [0.25, 0.3) is 5.91 Å². The van der Waals surface area contributed by atoms with Crippen LogP contribution < -0.4 is 10.1 Å². The summed E-state index contributed by atoms with van der Waals surface area (Å²) in [7, 11) is 0. The number of carbonyl (C=O) groups is 1. The molecule has 4 rings (SSSR count). The third kappa shape index (κ3) is 4.90. The molecule has 0 aliphatic rings. The fraction of sp³-hybridized carbons (Fsp3) is 0.0833. The van der Waals surface area contributed by atoms with E-state index in [0.717, 1.165) is 11.1 Å². The van der Waals surface area contributed by atoms with Gasteiger partial charge in [0.05, 0.1) is 12.7 Å². The second kappa shape index (κ2) is 8.89. The van der Waals surface area contributed by atoms with Crippen LogP contribution in [0, 0.1) is 0 Å². The van der Waals surface area contributed by atoms with E-state index in [1.807, 2.05) is 72.8 Å². The number of carbonyl (C=O) groups excluding carboxylic acids is 1. The summed E-state index contributed by atoms with van der Waals surface area (Å²) in [4.78, 5) is 12.7. The number of ether oxygens (including phenoxy) is 1. The predicted molar refractivity (Wildman–Crippen MR) is 113 cm³/mol. The predicted octanol–water partition coefficient (Wildman–Crippen LogP) is 4.76. The Hall–Kier alpha value is -3.86. The van der Waals surface area contributed by atoms with Crippen LogP contribution in [0.4, 0.5) is 5.82 Å². The third-order valence-electron chi connectivity index (χ3n) is 4.48. The molecule has 1 heterocycles. The van der Waals surface area contributed by atoms with E-state index in [2.05, 4.69) is 10.4 Å². The second-order valence-corrected chi connectivity index (χ2v) is 6.62. The van der Waals surface area contributed by atoms with Crippen molar-refractivity contribution in [2.75, 3.05) is 5.32 Å². The molecule has 5 nitrogen and oxygen atoms in total. The van der Waals surface area contributed by atoms with E-state index in [1.165, 1.54) is 0 Å². The fourth-order valence-electron chi connectivity index (χ4n) is 2.98. The molecule has 29 heavy (non-hydrogen) atoms. The molecule has 0 saturated carbocycles. The summed E-state index contributed by atoms with van der Waals surface area (Å²) in [5, 5.41) is 7.25. The van der Waals surface area contributed by atoms with Gasteiger partial charge in [0, 0.05) is 11.6 Å². The first-order valence-electron chi connectivity index (χ1n) is 9.42. The number of nitrogens with zero attached hydrogens (tertiary/aromatic N) is 2. The molecule has 4 aromatic rings. The lowest BCUT2D eigenvalue weighted by atomic mass is 10.2. The van der Waals surface area contributed by atoms with E-state index in [-0.39, 0.29) is 5.91 Å². The number of hydrogen-bond acceptors (Lipinski definition) is 3. The zero-order chi connectivity index (χ0) is 19.9. The smallest absolute Gasteiger partial charge is 0.256 e. The van der Waals surface area contributed by atoms with Crippen molar-refractivity contribution in [3.8, 4) is 5.75 Å². The van der Waals surface area contributed by atoms with Gasteiger partial charge in [-0.2, -0.15) is 5.10 Å². The van der Waals surface area contributed by atoms with E-state index in [4.69, 9.17) is 4.74 Å². The minimum absolute atomic E-state index is 0.204. The Kier molecular flexibility index (Phi) is 5.67. The van der Waals surface area contributed by atoms with E-state index in [1.54, 1.807) is 29.1 Å². The highest BCUT2D eigenvalue weighted by atomic mass is 16.5. The lowest BCUT2D eigenvalue weighted by Crippen LogP contribution is -2.16. The molecule has 0 saturated heterocycles. The maximum absolute atomic E-state index is 12.7. The summed E-state index contributed by atoms with van der Waals surface area (Å²) in [6.07, 6.45) is 1.68. The molecule has 3 aromatic carbocycles. The van der Waals surface area contributed by atoms with Gasteiger partial charge in [-0.1, -0.05) is 66.7 Å². The minimum Gasteiger partial charge on any atom is -0.489 e. The van der Waals surface area contributed by atoms with Crippen LogP contribution in [0.1, 0.15) is 21.5 Å². The quantitative estimate of drug-likeness (QED) is 0.500. The zero-order valence-electron chi connectivity index (χ0n) is 15.9. The van der Waals surface area contributed by atoms with Crippen LogP contribution in [-0.4, -0.2) is 15.7 Å². The first-order valence-corrected chi connectivity index (χ1v) is 9.42. The maximum Gasteiger partial charge on any atom is 0.256 e. The van der Waals surface area contributed by atoms with E-state index >= 15 is 0 Å². The summed E-state index contributed by atoms with van der Waals surface area (Å²) in [5.41, 5.74) is 2.72. The summed E-state index contributed by atoms with van der Waals surface area (Å²) in [6.45, 7) is 1.04. The Labute approximate surface area is 169 Å². The van der Waals surface area contributed by atoms with Crippen LogP contribution in [-0.2, 0) is 13.2 Å². The van der Waals surface area contributed by atoms with Crippen LogP contribution in [0.3, 0.4) is 0 Å². The van der Waals surface area contributed by atoms with Gasteiger partial charge in [0.15, 0.2) is 0 Å². The zero-order valence-corrected chi connectivity index (χ0v) is 15.9. The molecule has 1 amide bonds. The Bertz CT molecular complexity index is 1080. The largest absolute Gasteiger partial charge is 0.489 e. The molecule has 0 atom stereocenters. The molecule has 0 spiro atoms. The van der Waals surface area contributed by atoms with Crippen molar-refractivity contribution in [1.82, 2.24) is 9.78 Å². The maximum atomic E-state index is 12.7. The average Bonchev–Trinajstić information content (AvgIpc) is 3.20. The molecule has 144 valence electrons. The number of aromatic nitrogens is 2. The molecule has 1 N–H and O–H groups in total. The summed E-state index contributed by atoms with van der Waals surface area (Å²) >= 11 is 0. The van der Waals surface area contributed by atoms with Crippen molar-refractivity contribution in [1.29, 1.82) is 0 Å². The van der Waals surface area contributed by atoms with Crippen molar-refractivity contribution in [2.24, 2.45) is 0 Å². The van der Waals surface area contributed by atoms with Crippen LogP contribution in [0.5, 0.6) is 5.75 Å². The van der Waals surface area contributed by atoms with Crippen molar-refractivity contribution in [2.45, 2.75) is 13.2 Å². The van der Waals surface area contributed by atoms with E-state index in [9.17, 15) is 4.79 Å². The van der Waals surface area contributed by atoms with Crippen molar-refractivity contribution in [3.05, 3.63) is 114 Å². The average molecular weight is 383 g/mol. The van der Waals surface area contributed by atoms with Crippen molar-refractivity contribution < 1.29 is 9.53 Å². The number of rotatable bonds is 7. The van der Waals surface area contributed by atoms with Gasteiger partial charge in [-0.3, -0.25) is 4.79 Å². The van der Waals surface area contributed by atoms with Crippen LogP contribution in [0.15, 0.2) is 97.2 Å². The van der Waals surface area contributed by atoms with Crippen molar-refractivity contribution >= 4 is 11.7 Å². The summed E-state index contributed by atoms with van der Waals surface area (Å²) < 4.78 is 7.59. The highest BCUT2D eigenvalue weighted by molar-refractivity contribution is 6.04. The number of nitrogens with one attached hydrogen (secondary N) is 1. The first kappa shape index (κ1) is 18.5. The molecule has 0 bridgehead atoms. The van der Waals surface area contributed by atoms with Crippen molar-refractivity contribution in [3.63, 3.8) is 0 Å². The third-order valence-corrected chi connectivity index (χ3v) is 4.48. The second-order valence-electron chi connectivity index (χ2n) is 6.62. The number of benzene rings is 3. The first-order chi connectivity index (χ1) is 14.3. The van der Waals surface area contributed by atoms with Gasteiger partial charge in [-0.05, 0) is 29.3 Å². The Morgan fingerprint density at radius 3 is 2.34 bits per heavy atom. The molecule has 0 fully saturated rings. The molecule has 0 aliphatic heterocycles. The molecule has 1 aromatic heterocycles. The molecule has 0 aliphatic carbocycles. The number of amides is 1. The van der Waals surface area contributed by atoms with Crippen LogP contribution in [0.25, 0.3) is 0 Å². The highest BCUT2D eigenvalue weighted by Gasteiger charge is 2.11. The molecule has 0 unspecified atom stereocenters. The monoisotopic (exact) mass is 383 g/mol. The lowest BCUT2D eigenvalue weighted by molar-refractivity contribution is 0.102. The summed E-state index contributed by atoms with van der Waals surface area (Å²) in [6, 6.07) is 28.9. The standard InChI is InChI=1S/C24H21N3O2/c28-24(26-23-14-15-25-27(23)17-19-8-3-1-4-9-19)21-12-7-13-22(16-21)29-18-20-10-5-2-6-11-20/h1-16H,17-18H2,(H,26,28). The lowest BCUT2D eigenvalue weighted by Gasteiger charge is -2.11. The molecule has 5 heteroatoms. The van der Waals surface area contributed by atoms with Gasteiger partial charge < -0.3 is 10.1 Å². The Morgan fingerprint density at radius 2 is 1.59 bits per heavy atom. The summed E-state index contributed by atoms with van der Waals surface area (Å²) in [5.74, 6) is 1.10. The molecular formula is C24H21N3O2.